The first kappa shape index (κ1) is 25.5. The Balaban J connectivity index is 1.49. The number of rotatable bonds is 9. The maximum Gasteiger partial charge on any atom is 0.251 e. The van der Waals surface area contributed by atoms with Crippen molar-refractivity contribution in [2.45, 2.75) is 34.1 Å². The molecule has 5 heteroatoms. The molecule has 36 heavy (non-hydrogen) atoms. The minimum absolute atomic E-state index is 0.120. The topological polar surface area (TPSA) is 50.8 Å². The first-order chi connectivity index (χ1) is 17.5. The number of hydrogen-bond acceptors (Lipinski definition) is 4. The molecule has 0 saturated heterocycles. The van der Waals surface area contributed by atoms with E-state index in [1.54, 1.807) is 0 Å². The molecular formula is C31H36N2O3. The van der Waals surface area contributed by atoms with Gasteiger partial charge in [-0.3, -0.25) is 4.79 Å². The summed E-state index contributed by atoms with van der Waals surface area (Å²) in [5.41, 5.74) is 6.85. The van der Waals surface area contributed by atoms with Crippen LogP contribution in [-0.2, 0) is 4.79 Å². The predicted molar refractivity (Wildman–Crippen MR) is 148 cm³/mol. The second-order valence-electron chi connectivity index (χ2n) is 9.20. The highest BCUT2D eigenvalue weighted by molar-refractivity contribution is 6.07. The summed E-state index contributed by atoms with van der Waals surface area (Å²) in [6.07, 6.45) is 2.49. The van der Waals surface area contributed by atoms with Gasteiger partial charge in [-0.05, 0) is 67.9 Å². The van der Waals surface area contributed by atoms with Gasteiger partial charge >= 0.3 is 0 Å². The summed E-state index contributed by atoms with van der Waals surface area (Å²) in [5.74, 6) is 1.48. The monoisotopic (exact) mass is 484 g/mol. The number of benzene rings is 3. The van der Waals surface area contributed by atoms with E-state index in [4.69, 9.17) is 9.47 Å². The Kier molecular flexibility index (Phi) is 8.44. The number of likely N-dealkylation sites (N-methyl/N-ethyl adjacent to an activating group) is 1. The second-order valence-corrected chi connectivity index (χ2v) is 9.20. The lowest BCUT2D eigenvalue weighted by Gasteiger charge is -2.19. The third-order valence-electron chi connectivity index (χ3n) is 6.65. The molecule has 0 bridgehead atoms. The first-order valence-corrected chi connectivity index (χ1v) is 12.8. The molecule has 0 spiro atoms. The van der Waals surface area contributed by atoms with Gasteiger partial charge < -0.3 is 19.7 Å². The SMILES string of the molecule is CCN(CC)CCOc1cc(NC(=O)C2=Cc3cc(-c4ccc(C)cc4)ccc3OCC2)ccc1C. The van der Waals surface area contributed by atoms with Crippen LogP contribution in [0.15, 0.2) is 66.2 Å². The van der Waals surface area contributed by atoms with Crippen molar-refractivity contribution in [1.82, 2.24) is 4.90 Å². The zero-order valence-corrected chi connectivity index (χ0v) is 21.8. The number of fused-ring (bicyclic) bond motifs is 1. The fourth-order valence-corrected chi connectivity index (χ4v) is 4.30. The molecule has 0 unspecified atom stereocenters. The Morgan fingerprint density at radius 2 is 1.72 bits per heavy atom. The van der Waals surface area contributed by atoms with Crippen LogP contribution in [0.2, 0.25) is 0 Å². The zero-order chi connectivity index (χ0) is 25.5. The van der Waals surface area contributed by atoms with Crippen LogP contribution >= 0.6 is 0 Å². The van der Waals surface area contributed by atoms with E-state index >= 15 is 0 Å². The summed E-state index contributed by atoms with van der Waals surface area (Å²) in [6, 6.07) is 20.4. The van der Waals surface area contributed by atoms with Crippen molar-refractivity contribution in [3.05, 3.63) is 82.9 Å². The molecule has 0 radical (unpaired) electrons. The third kappa shape index (κ3) is 6.35. The van der Waals surface area contributed by atoms with Crippen molar-refractivity contribution in [3.8, 4) is 22.6 Å². The lowest BCUT2D eigenvalue weighted by molar-refractivity contribution is -0.113. The van der Waals surface area contributed by atoms with Gasteiger partial charge in [-0.15, -0.1) is 0 Å². The van der Waals surface area contributed by atoms with Gasteiger partial charge in [-0.25, -0.2) is 0 Å². The number of amides is 1. The maximum atomic E-state index is 13.2. The molecule has 0 atom stereocenters. The number of carbonyl (C=O) groups excluding carboxylic acids is 1. The van der Waals surface area contributed by atoms with Crippen LogP contribution in [0.3, 0.4) is 0 Å². The molecule has 188 valence electrons. The van der Waals surface area contributed by atoms with Gasteiger partial charge in [0.15, 0.2) is 0 Å². The van der Waals surface area contributed by atoms with E-state index in [1.807, 2.05) is 37.3 Å². The van der Waals surface area contributed by atoms with E-state index in [2.05, 4.69) is 67.4 Å². The third-order valence-corrected chi connectivity index (χ3v) is 6.65. The Labute approximate surface area is 214 Å². The van der Waals surface area contributed by atoms with Crippen LogP contribution in [0.4, 0.5) is 5.69 Å². The van der Waals surface area contributed by atoms with Gasteiger partial charge in [0.05, 0.1) is 6.61 Å². The van der Waals surface area contributed by atoms with Gasteiger partial charge in [0.1, 0.15) is 18.1 Å². The summed E-state index contributed by atoms with van der Waals surface area (Å²) in [5, 5.41) is 3.06. The average Bonchev–Trinajstić information content (AvgIpc) is 3.11. The van der Waals surface area contributed by atoms with E-state index in [0.717, 1.165) is 59.1 Å². The predicted octanol–water partition coefficient (Wildman–Crippen LogP) is 6.50. The smallest absolute Gasteiger partial charge is 0.251 e. The molecule has 0 aromatic heterocycles. The number of carbonyl (C=O) groups is 1. The molecule has 0 aliphatic carbocycles. The zero-order valence-electron chi connectivity index (χ0n) is 21.8. The molecule has 4 rings (SSSR count). The van der Waals surface area contributed by atoms with Crippen LogP contribution in [0.1, 0.15) is 37.0 Å². The summed E-state index contributed by atoms with van der Waals surface area (Å²) in [4.78, 5) is 15.5. The Hall–Kier alpha value is -3.57. The van der Waals surface area contributed by atoms with E-state index in [1.165, 1.54) is 5.56 Å². The molecule has 0 fully saturated rings. The molecule has 3 aromatic carbocycles. The highest BCUT2D eigenvalue weighted by Crippen LogP contribution is 2.32. The number of nitrogens with zero attached hydrogens (tertiary/aromatic N) is 1. The van der Waals surface area contributed by atoms with Crippen molar-refractivity contribution >= 4 is 17.7 Å². The summed E-state index contributed by atoms with van der Waals surface area (Å²) in [6.45, 7) is 12.4. The van der Waals surface area contributed by atoms with E-state index in [-0.39, 0.29) is 5.91 Å². The van der Waals surface area contributed by atoms with Crippen molar-refractivity contribution in [2.75, 3.05) is 38.2 Å². The van der Waals surface area contributed by atoms with Gasteiger partial charge in [-0.1, -0.05) is 55.8 Å². The largest absolute Gasteiger partial charge is 0.493 e. The fourth-order valence-electron chi connectivity index (χ4n) is 4.30. The minimum Gasteiger partial charge on any atom is -0.493 e. The number of aryl methyl sites for hydroxylation is 2. The maximum absolute atomic E-state index is 13.2. The summed E-state index contributed by atoms with van der Waals surface area (Å²) < 4.78 is 12.0. The number of ether oxygens (including phenoxy) is 2. The molecular weight excluding hydrogens is 448 g/mol. The highest BCUT2D eigenvalue weighted by Gasteiger charge is 2.17. The molecule has 1 aliphatic rings. The Morgan fingerprint density at radius 1 is 0.972 bits per heavy atom. The lowest BCUT2D eigenvalue weighted by atomic mass is 10.00. The second kappa shape index (κ2) is 11.9. The van der Waals surface area contributed by atoms with Gasteiger partial charge in [0.2, 0.25) is 0 Å². The summed E-state index contributed by atoms with van der Waals surface area (Å²) in [7, 11) is 0. The summed E-state index contributed by atoms with van der Waals surface area (Å²) >= 11 is 0. The van der Waals surface area contributed by atoms with Gasteiger partial charge in [0, 0.05) is 35.9 Å². The molecule has 0 saturated carbocycles. The standard InChI is InChI=1S/C31H36N2O3/c1-5-33(6-2)16-18-36-30-21-28(13-9-23(30)4)32-31(34)26-15-17-35-29-14-12-25(19-27(29)20-26)24-10-7-22(3)8-11-24/h7-14,19-21H,5-6,15-18H2,1-4H3,(H,32,34). The van der Waals surface area contributed by atoms with Crippen LogP contribution < -0.4 is 14.8 Å². The quantitative estimate of drug-likeness (QED) is 0.377. The van der Waals surface area contributed by atoms with Gasteiger partial charge in [-0.2, -0.15) is 0 Å². The average molecular weight is 485 g/mol. The van der Waals surface area contributed by atoms with Crippen molar-refractivity contribution < 1.29 is 14.3 Å². The molecule has 1 heterocycles. The normalized spacial score (nSPS) is 12.9. The number of hydrogen-bond donors (Lipinski definition) is 1. The molecule has 5 nitrogen and oxygen atoms in total. The van der Waals surface area contributed by atoms with E-state index in [0.29, 0.717) is 25.2 Å². The van der Waals surface area contributed by atoms with E-state index < -0.39 is 0 Å². The Morgan fingerprint density at radius 3 is 2.47 bits per heavy atom. The van der Waals surface area contributed by atoms with Crippen LogP contribution in [0.5, 0.6) is 11.5 Å². The minimum atomic E-state index is -0.120. The molecule has 1 aliphatic heterocycles. The highest BCUT2D eigenvalue weighted by atomic mass is 16.5. The number of anilines is 1. The van der Waals surface area contributed by atoms with Crippen LogP contribution in [-0.4, -0.2) is 43.7 Å². The molecule has 1 N–H and O–H groups in total. The van der Waals surface area contributed by atoms with E-state index in [9.17, 15) is 4.79 Å². The van der Waals surface area contributed by atoms with Crippen molar-refractivity contribution in [3.63, 3.8) is 0 Å². The van der Waals surface area contributed by atoms with Crippen molar-refractivity contribution in [2.24, 2.45) is 0 Å². The van der Waals surface area contributed by atoms with Gasteiger partial charge in [0.25, 0.3) is 5.91 Å². The van der Waals surface area contributed by atoms with Crippen LogP contribution in [0.25, 0.3) is 17.2 Å². The fraction of sp³-hybridized carbons (Fsp3) is 0.323. The van der Waals surface area contributed by atoms with Crippen molar-refractivity contribution in [1.29, 1.82) is 0 Å². The molecule has 3 aromatic rings. The van der Waals surface area contributed by atoms with Crippen LogP contribution in [0, 0.1) is 13.8 Å². The Bertz CT molecular complexity index is 1230. The lowest BCUT2D eigenvalue weighted by Crippen LogP contribution is -2.28. The number of nitrogens with one attached hydrogen (secondary N) is 1. The first-order valence-electron chi connectivity index (χ1n) is 12.8. The molecule has 1 amide bonds.